The molecule has 0 aromatic carbocycles. The second-order valence-corrected chi connectivity index (χ2v) is 22.1. The van der Waals surface area contributed by atoms with Gasteiger partial charge in [0.15, 0.2) is 0 Å². The van der Waals surface area contributed by atoms with Crippen LogP contribution in [-0.2, 0) is 18.4 Å². The summed E-state index contributed by atoms with van der Waals surface area (Å²) in [7, 11) is 1.30. The molecule has 0 aliphatic rings. The highest BCUT2D eigenvalue weighted by Gasteiger charge is 2.24. The van der Waals surface area contributed by atoms with E-state index in [1.54, 1.807) is 0 Å². The Hall–Kier alpha value is -1.28. The SMILES string of the molecule is CCCCCCC/C=C\C/C=C\C/C=C\CCCCCCCCC(=O)NC(COP(=O)([O-])OCC[N+](C)(C)C)C(O)CCCCCCCCCCCCCCCCCCCCCCCCC. The third kappa shape index (κ3) is 50.6. The lowest BCUT2D eigenvalue weighted by Crippen LogP contribution is -2.46. The lowest BCUT2D eigenvalue weighted by atomic mass is 10.0. The van der Waals surface area contributed by atoms with E-state index in [4.69, 9.17) is 9.05 Å². The second-order valence-electron chi connectivity index (χ2n) is 20.6. The Morgan fingerprint density at radius 3 is 1.27 bits per heavy atom. The zero-order valence-electron chi connectivity index (χ0n) is 44.4. The van der Waals surface area contributed by atoms with Crippen LogP contribution >= 0.6 is 7.82 Å². The number of aliphatic hydroxyl groups is 1. The summed E-state index contributed by atoms with van der Waals surface area (Å²) < 4.78 is 23.4. The molecule has 390 valence electrons. The van der Waals surface area contributed by atoms with Gasteiger partial charge in [-0.05, 0) is 51.4 Å². The Kier molecular flexibility index (Phi) is 47.8. The van der Waals surface area contributed by atoms with E-state index >= 15 is 0 Å². The van der Waals surface area contributed by atoms with Gasteiger partial charge in [0.25, 0.3) is 7.82 Å². The molecule has 9 heteroatoms. The number of aliphatic hydroxyl groups excluding tert-OH is 1. The van der Waals surface area contributed by atoms with Gasteiger partial charge in [0.2, 0.25) is 5.91 Å². The van der Waals surface area contributed by atoms with Crippen molar-refractivity contribution < 1.29 is 32.9 Å². The quantitative estimate of drug-likeness (QED) is 0.0272. The minimum absolute atomic E-state index is 0.00924. The van der Waals surface area contributed by atoms with Crippen molar-refractivity contribution in [3.05, 3.63) is 36.5 Å². The predicted octanol–water partition coefficient (Wildman–Crippen LogP) is 16.4. The highest BCUT2D eigenvalue weighted by molar-refractivity contribution is 7.45. The minimum atomic E-state index is -4.58. The van der Waals surface area contributed by atoms with Crippen LogP contribution in [0.3, 0.4) is 0 Å². The van der Waals surface area contributed by atoms with Crippen molar-refractivity contribution in [2.24, 2.45) is 0 Å². The van der Waals surface area contributed by atoms with Crippen LogP contribution in [0.1, 0.15) is 271 Å². The van der Waals surface area contributed by atoms with Crippen molar-refractivity contribution in [3.63, 3.8) is 0 Å². The standard InChI is InChI=1S/C57H111N2O6P/c1-6-8-10-12-14-16-18-20-22-24-26-28-29-31-32-34-36-38-40-42-44-46-48-50-56(60)55(54-65-66(62,63)64-53-52-59(3,4)5)58-57(61)51-49-47-45-43-41-39-37-35-33-30-27-25-23-21-19-17-15-13-11-9-7-2/h19,21,25,27,33,35,55-56,60H,6-18,20,22-24,26,28-32,34,36-54H2,1-5H3,(H-,58,61,62,63)/b21-19-,27-25-,35-33-. The molecule has 0 spiro atoms. The molecule has 0 radical (unpaired) electrons. The Balaban J connectivity index is 4.22. The number of likely N-dealkylation sites (N-methyl/N-ethyl adjacent to an activating group) is 1. The predicted molar refractivity (Wildman–Crippen MR) is 284 cm³/mol. The molecular formula is C57H111N2O6P. The summed E-state index contributed by atoms with van der Waals surface area (Å²) in [5.74, 6) is -0.174. The Morgan fingerprint density at radius 1 is 0.530 bits per heavy atom. The van der Waals surface area contributed by atoms with E-state index in [0.29, 0.717) is 23.9 Å². The van der Waals surface area contributed by atoms with Gasteiger partial charge in [-0.25, -0.2) is 0 Å². The van der Waals surface area contributed by atoms with E-state index < -0.39 is 20.0 Å². The maximum Gasteiger partial charge on any atom is 0.268 e. The number of phosphoric ester groups is 1. The molecule has 0 aliphatic heterocycles. The van der Waals surface area contributed by atoms with Gasteiger partial charge >= 0.3 is 0 Å². The number of allylic oxidation sites excluding steroid dienone is 6. The lowest BCUT2D eigenvalue weighted by Gasteiger charge is -2.30. The number of quaternary nitrogens is 1. The molecule has 1 amide bonds. The monoisotopic (exact) mass is 951 g/mol. The molecule has 0 rings (SSSR count). The first-order valence-electron chi connectivity index (χ1n) is 28.3. The lowest BCUT2D eigenvalue weighted by molar-refractivity contribution is -0.870. The van der Waals surface area contributed by atoms with Crippen LogP contribution in [0.4, 0.5) is 0 Å². The number of hydrogen-bond donors (Lipinski definition) is 2. The van der Waals surface area contributed by atoms with Gasteiger partial charge in [-0.3, -0.25) is 9.36 Å². The third-order valence-electron chi connectivity index (χ3n) is 12.9. The van der Waals surface area contributed by atoms with Crippen LogP contribution < -0.4 is 10.2 Å². The van der Waals surface area contributed by atoms with Gasteiger partial charge in [-0.15, -0.1) is 0 Å². The number of rotatable bonds is 52. The number of carbonyl (C=O) groups excluding carboxylic acids is 1. The molecule has 0 fully saturated rings. The molecule has 0 aromatic heterocycles. The zero-order valence-corrected chi connectivity index (χ0v) is 45.3. The van der Waals surface area contributed by atoms with Crippen LogP contribution in [-0.4, -0.2) is 68.5 Å². The summed E-state index contributed by atoms with van der Waals surface area (Å²) in [6, 6.07) is -0.809. The highest BCUT2D eigenvalue weighted by atomic mass is 31.2. The number of amides is 1. The van der Waals surface area contributed by atoms with E-state index in [9.17, 15) is 19.4 Å². The average Bonchev–Trinajstić information content (AvgIpc) is 3.28. The van der Waals surface area contributed by atoms with Crippen molar-refractivity contribution in [2.75, 3.05) is 40.9 Å². The van der Waals surface area contributed by atoms with Crippen molar-refractivity contribution in [3.8, 4) is 0 Å². The Bertz CT molecular complexity index is 1170. The summed E-state index contributed by atoms with van der Waals surface area (Å²) in [4.78, 5) is 25.5. The Morgan fingerprint density at radius 2 is 0.879 bits per heavy atom. The molecule has 66 heavy (non-hydrogen) atoms. The van der Waals surface area contributed by atoms with Crippen molar-refractivity contribution in [1.82, 2.24) is 5.32 Å². The van der Waals surface area contributed by atoms with Crippen LogP contribution in [0.15, 0.2) is 36.5 Å². The fraction of sp³-hybridized carbons (Fsp3) is 0.877. The smallest absolute Gasteiger partial charge is 0.268 e. The van der Waals surface area contributed by atoms with Gasteiger partial charge in [0.05, 0.1) is 39.9 Å². The summed E-state index contributed by atoms with van der Waals surface area (Å²) in [5, 5.41) is 14.0. The molecule has 0 saturated heterocycles. The number of phosphoric acid groups is 1. The van der Waals surface area contributed by atoms with Gasteiger partial charge < -0.3 is 28.8 Å². The summed E-state index contributed by atoms with van der Waals surface area (Å²) >= 11 is 0. The highest BCUT2D eigenvalue weighted by Crippen LogP contribution is 2.38. The second kappa shape index (κ2) is 48.7. The van der Waals surface area contributed by atoms with Gasteiger partial charge in [0, 0.05) is 6.42 Å². The molecule has 3 unspecified atom stereocenters. The molecule has 0 aromatic rings. The topological polar surface area (TPSA) is 108 Å². The van der Waals surface area contributed by atoms with E-state index in [0.717, 1.165) is 64.2 Å². The fourth-order valence-corrected chi connectivity index (χ4v) is 9.12. The number of nitrogens with one attached hydrogen (secondary N) is 1. The van der Waals surface area contributed by atoms with Crippen LogP contribution in [0.2, 0.25) is 0 Å². The molecule has 8 nitrogen and oxygen atoms in total. The molecule has 3 atom stereocenters. The van der Waals surface area contributed by atoms with E-state index in [1.165, 1.54) is 180 Å². The van der Waals surface area contributed by atoms with Gasteiger partial charge in [0.1, 0.15) is 13.2 Å². The summed E-state index contributed by atoms with van der Waals surface area (Å²) in [5.41, 5.74) is 0. The first kappa shape index (κ1) is 64.7. The Labute approximate surface area is 410 Å². The summed E-state index contributed by atoms with van der Waals surface area (Å²) in [6.07, 6.45) is 61.7. The molecule has 0 aliphatic carbocycles. The van der Waals surface area contributed by atoms with Crippen molar-refractivity contribution in [2.45, 2.75) is 283 Å². The molecule has 0 bridgehead atoms. The van der Waals surface area contributed by atoms with E-state index in [1.807, 2.05) is 21.1 Å². The largest absolute Gasteiger partial charge is 0.756 e. The molecule has 0 saturated carbocycles. The maximum absolute atomic E-state index is 13.0. The first-order chi connectivity index (χ1) is 32.0. The molecular weight excluding hydrogens is 840 g/mol. The normalized spacial score (nSPS) is 14.2. The van der Waals surface area contributed by atoms with Crippen LogP contribution in [0.5, 0.6) is 0 Å². The van der Waals surface area contributed by atoms with Gasteiger partial charge in [-0.2, -0.15) is 0 Å². The first-order valence-corrected chi connectivity index (χ1v) is 29.8. The number of hydrogen-bond acceptors (Lipinski definition) is 6. The number of nitrogens with zero attached hydrogens (tertiary/aromatic N) is 1. The maximum atomic E-state index is 13.0. The number of carbonyl (C=O) groups is 1. The van der Waals surface area contributed by atoms with Crippen LogP contribution in [0, 0.1) is 0 Å². The zero-order chi connectivity index (χ0) is 48.5. The van der Waals surface area contributed by atoms with Crippen LogP contribution in [0.25, 0.3) is 0 Å². The van der Waals surface area contributed by atoms with Crippen molar-refractivity contribution in [1.29, 1.82) is 0 Å². The summed E-state index contributed by atoms with van der Waals surface area (Å²) in [6.45, 7) is 4.73. The molecule has 2 N–H and O–H groups in total. The molecule has 0 heterocycles. The minimum Gasteiger partial charge on any atom is -0.756 e. The van der Waals surface area contributed by atoms with Crippen molar-refractivity contribution >= 4 is 13.7 Å². The fourth-order valence-electron chi connectivity index (χ4n) is 8.40. The van der Waals surface area contributed by atoms with E-state index in [-0.39, 0.29) is 19.1 Å². The third-order valence-corrected chi connectivity index (χ3v) is 13.8. The van der Waals surface area contributed by atoms with E-state index in [2.05, 4.69) is 55.6 Å². The van der Waals surface area contributed by atoms with Gasteiger partial charge in [-0.1, -0.05) is 249 Å². The average molecular weight is 951 g/mol. The number of unbranched alkanes of at least 4 members (excludes halogenated alkanes) is 33.